The van der Waals surface area contributed by atoms with Crippen molar-refractivity contribution < 1.29 is 9.90 Å². The predicted molar refractivity (Wildman–Crippen MR) is 71.9 cm³/mol. The van der Waals surface area contributed by atoms with E-state index in [4.69, 9.17) is 5.73 Å². The van der Waals surface area contributed by atoms with E-state index >= 15 is 0 Å². The van der Waals surface area contributed by atoms with Gasteiger partial charge >= 0.3 is 0 Å². The first-order chi connectivity index (χ1) is 8.13. The van der Waals surface area contributed by atoms with Crippen molar-refractivity contribution in [3.63, 3.8) is 0 Å². The van der Waals surface area contributed by atoms with Crippen LogP contribution < -0.4 is 11.1 Å². The maximum atomic E-state index is 11.7. The second-order valence-corrected chi connectivity index (χ2v) is 5.79. The molecule has 100 valence electrons. The van der Waals surface area contributed by atoms with Crippen LogP contribution in [0.3, 0.4) is 0 Å². The maximum Gasteiger partial charge on any atom is 0.236 e. The van der Waals surface area contributed by atoms with Crippen LogP contribution in [-0.2, 0) is 4.79 Å². The summed E-state index contributed by atoms with van der Waals surface area (Å²) >= 11 is 1.71. The van der Waals surface area contributed by atoms with Crippen LogP contribution in [0.2, 0.25) is 0 Å². The van der Waals surface area contributed by atoms with Crippen molar-refractivity contribution >= 4 is 17.7 Å². The Morgan fingerprint density at radius 3 is 2.71 bits per heavy atom. The van der Waals surface area contributed by atoms with Crippen LogP contribution >= 0.6 is 11.8 Å². The number of amides is 1. The number of nitrogens with two attached hydrogens (primary N) is 1. The molecule has 0 aromatic carbocycles. The highest BCUT2D eigenvalue weighted by atomic mass is 32.2. The van der Waals surface area contributed by atoms with Gasteiger partial charge in [0.1, 0.15) is 0 Å². The number of hydrogen-bond donors (Lipinski definition) is 3. The van der Waals surface area contributed by atoms with Crippen molar-refractivity contribution in [3.05, 3.63) is 0 Å². The van der Waals surface area contributed by atoms with E-state index < -0.39 is 0 Å². The van der Waals surface area contributed by atoms with Gasteiger partial charge in [-0.2, -0.15) is 11.8 Å². The van der Waals surface area contributed by atoms with E-state index in [-0.39, 0.29) is 18.1 Å². The van der Waals surface area contributed by atoms with Crippen LogP contribution in [0.4, 0.5) is 0 Å². The molecule has 4 nitrogen and oxygen atoms in total. The predicted octanol–water partition coefficient (Wildman–Crippen LogP) is 0.734. The molecule has 17 heavy (non-hydrogen) atoms. The fourth-order valence-corrected chi connectivity index (χ4v) is 2.59. The molecular weight excluding hydrogens is 236 g/mol. The van der Waals surface area contributed by atoms with Gasteiger partial charge in [0.15, 0.2) is 0 Å². The molecule has 0 aromatic heterocycles. The Morgan fingerprint density at radius 2 is 2.12 bits per heavy atom. The van der Waals surface area contributed by atoms with Crippen LogP contribution in [0, 0.1) is 5.92 Å². The zero-order valence-electron chi connectivity index (χ0n) is 10.5. The normalized spacial score (nSPS) is 26.5. The summed E-state index contributed by atoms with van der Waals surface area (Å²) in [5.74, 6) is 1.39. The molecule has 1 aliphatic rings. The molecule has 1 saturated carbocycles. The highest BCUT2D eigenvalue weighted by Gasteiger charge is 2.20. The number of hydrogen-bond acceptors (Lipinski definition) is 4. The van der Waals surface area contributed by atoms with Crippen LogP contribution in [0.5, 0.6) is 0 Å². The third-order valence-electron chi connectivity index (χ3n) is 3.35. The zero-order chi connectivity index (χ0) is 12.7. The molecule has 0 spiro atoms. The standard InChI is InChI=1S/C12H24N2O2S/c1-17-7-6-11(13)12(16)14-8-9-2-4-10(15)5-3-9/h9-11,15H,2-8,13H2,1H3,(H,14,16)/t9?,10?,11-/m1/s1. The lowest BCUT2D eigenvalue weighted by Crippen LogP contribution is -2.43. The Morgan fingerprint density at radius 1 is 1.47 bits per heavy atom. The topological polar surface area (TPSA) is 75.4 Å². The fraction of sp³-hybridized carbons (Fsp3) is 0.917. The number of aliphatic hydroxyl groups excluding tert-OH is 1. The van der Waals surface area contributed by atoms with E-state index in [1.165, 1.54) is 0 Å². The van der Waals surface area contributed by atoms with Gasteiger partial charge in [-0.25, -0.2) is 0 Å². The highest BCUT2D eigenvalue weighted by molar-refractivity contribution is 7.98. The Labute approximate surface area is 108 Å². The quantitative estimate of drug-likeness (QED) is 0.658. The number of carbonyl (C=O) groups is 1. The van der Waals surface area contributed by atoms with Gasteiger partial charge in [0.25, 0.3) is 0 Å². The second-order valence-electron chi connectivity index (χ2n) is 4.81. The third-order valence-corrected chi connectivity index (χ3v) is 3.99. The minimum absolute atomic E-state index is 0.0369. The van der Waals surface area contributed by atoms with Crippen molar-refractivity contribution in [2.24, 2.45) is 11.7 Å². The van der Waals surface area contributed by atoms with E-state index in [1.54, 1.807) is 11.8 Å². The average Bonchev–Trinajstić information content (AvgIpc) is 2.34. The van der Waals surface area contributed by atoms with Crippen LogP contribution in [0.1, 0.15) is 32.1 Å². The lowest BCUT2D eigenvalue weighted by Gasteiger charge is -2.25. The Balaban J connectivity index is 2.14. The molecule has 4 N–H and O–H groups in total. The summed E-state index contributed by atoms with van der Waals surface area (Å²) in [6, 6.07) is -0.378. The van der Waals surface area contributed by atoms with E-state index in [2.05, 4.69) is 5.32 Å². The summed E-state index contributed by atoms with van der Waals surface area (Å²) in [7, 11) is 0. The second kappa shape index (κ2) is 7.95. The Bertz CT molecular complexity index is 231. The molecule has 0 aliphatic heterocycles. The van der Waals surface area contributed by atoms with E-state index in [9.17, 15) is 9.90 Å². The minimum Gasteiger partial charge on any atom is -0.393 e. The van der Waals surface area contributed by atoms with E-state index in [1.807, 2.05) is 6.26 Å². The first-order valence-electron chi connectivity index (χ1n) is 6.33. The molecule has 0 saturated heterocycles. The molecular formula is C12H24N2O2S. The lowest BCUT2D eigenvalue weighted by atomic mass is 9.87. The largest absolute Gasteiger partial charge is 0.393 e. The molecule has 0 bridgehead atoms. The van der Waals surface area contributed by atoms with Gasteiger partial charge in [-0.1, -0.05) is 0 Å². The molecule has 0 aromatic rings. The van der Waals surface area contributed by atoms with E-state index in [0.717, 1.165) is 37.9 Å². The Kier molecular flexibility index (Phi) is 6.92. The van der Waals surface area contributed by atoms with Crippen molar-refractivity contribution in [1.29, 1.82) is 0 Å². The monoisotopic (exact) mass is 260 g/mol. The van der Waals surface area contributed by atoms with Gasteiger partial charge in [0, 0.05) is 6.54 Å². The summed E-state index contributed by atoms with van der Waals surface area (Å²) < 4.78 is 0. The van der Waals surface area contributed by atoms with Crippen molar-refractivity contribution in [1.82, 2.24) is 5.32 Å². The van der Waals surface area contributed by atoms with Crippen molar-refractivity contribution in [3.8, 4) is 0 Å². The van der Waals surface area contributed by atoms with Gasteiger partial charge in [0.2, 0.25) is 5.91 Å². The van der Waals surface area contributed by atoms with Crippen molar-refractivity contribution in [2.75, 3.05) is 18.6 Å². The summed E-state index contributed by atoms with van der Waals surface area (Å²) in [5, 5.41) is 12.3. The summed E-state index contributed by atoms with van der Waals surface area (Å²) in [4.78, 5) is 11.7. The minimum atomic E-state index is -0.378. The van der Waals surface area contributed by atoms with Gasteiger partial charge in [-0.05, 0) is 50.0 Å². The van der Waals surface area contributed by atoms with Crippen molar-refractivity contribution in [2.45, 2.75) is 44.2 Å². The van der Waals surface area contributed by atoms with E-state index in [0.29, 0.717) is 12.5 Å². The highest BCUT2D eigenvalue weighted by Crippen LogP contribution is 2.23. The Hall–Kier alpha value is -0.260. The molecule has 1 amide bonds. The number of carbonyl (C=O) groups excluding carboxylic acids is 1. The molecule has 5 heteroatoms. The van der Waals surface area contributed by atoms with Gasteiger partial charge < -0.3 is 16.2 Å². The first-order valence-corrected chi connectivity index (χ1v) is 7.73. The summed E-state index contributed by atoms with van der Waals surface area (Å²) in [5.41, 5.74) is 5.78. The number of aliphatic hydroxyl groups is 1. The lowest BCUT2D eigenvalue weighted by molar-refractivity contribution is -0.122. The first kappa shape index (κ1) is 14.8. The smallest absolute Gasteiger partial charge is 0.236 e. The van der Waals surface area contributed by atoms with Gasteiger partial charge in [-0.15, -0.1) is 0 Å². The molecule has 1 rings (SSSR count). The molecule has 0 radical (unpaired) electrons. The molecule has 1 atom stereocenters. The summed E-state index contributed by atoms with van der Waals surface area (Å²) in [6.07, 6.45) is 6.33. The SMILES string of the molecule is CSCC[C@@H](N)C(=O)NCC1CCC(O)CC1. The average molecular weight is 260 g/mol. The molecule has 0 unspecified atom stereocenters. The molecule has 1 fully saturated rings. The summed E-state index contributed by atoms with van der Waals surface area (Å²) in [6.45, 7) is 0.707. The van der Waals surface area contributed by atoms with Gasteiger partial charge in [-0.3, -0.25) is 4.79 Å². The number of rotatable bonds is 6. The fourth-order valence-electron chi connectivity index (χ4n) is 2.10. The number of nitrogens with one attached hydrogen (secondary N) is 1. The van der Waals surface area contributed by atoms with Crippen LogP contribution in [-0.4, -0.2) is 41.7 Å². The molecule has 1 aliphatic carbocycles. The number of thioether (sulfide) groups is 1. The third kappa shape index (κ3) is 5.75. The molecule has 0 heterocycles. The zero-order valence-corrected chi connectivity index (χ0v) is 11.3. The van der Waals surface area contributed by atoms with Crippen LogP contribution in [0.15, 0.2) is 0 Å². The van der Waals surface area contributed by atoms with Gasteiger partial charge in [0.05, 0.1) is 12.1 Å². The van der Waals surface area contributed by atoms with Crippen LogP contribution in [0.25, 0.3) is 0 Å². The maximum absolute atomic E-state index is 11.7.